The van der Waals surface area contributed by atoms with Crippen LogP contribution in [0, 0.1) is 5.53 Å². The number of hydrogen-bond donors (Lipinski definition) is 1. The summed E-state index contributed by atoms with van der Waals surface area (Å²) in [5, 5.41) is 1.76. The molecular formula is C13H24N2O4S2. The minimum Gasteiger partial charge on any atom is -0.225 e. The van der Waals surface area contributed by atoms with E-state index in [1.807, 2.05) is 0 Å². The molecule has 0 aromatic rings. The molecule has 8 heteroatoms. The Bertz CT molecular complexity index is 511. The van der Waals surface area contributed by atoms with Crippen LogP contribution in [0.5, 0.6) is 0 Å². The summed E-state index contributed by atoms with van der Waals surface area (Å²) in [5.41, 5.74) is 7.18. The Labute approximate surface area is 127 Å². The van der Waals surface area contributed by atoms with E-state index in [0.717, 1.165) is 38.5 Å². The minimum absolute atomic E-state index is 0.495. The third kappa shape index (κ3) is 3.47. The Morgan fingerprint density at radius 2 is 1.05 bits per heavy atom. The monoisotopic (exact) mass is 336 g/mol. The summed E-state index contributed by atoms with van der Waals surface area (Å²) in [6.45, 7) is 0. The first-order valence-corrected chi connectivity index (χ1v) is 10.9. The molecular weight excluding hydrogens is 312 g/mol. The predicted octanol–water partition coefficient (Wildman–Crippen LogP) is 2.80. The summed E-state index contributed by atoms with van der Waals surface area (Å²) in [7, 11) is -7.85. The minimum atomic E-state index is -3.92. The van der Waals surface area contributed by atoms with E-state index in [1.165, 1.54) is 0 Å². The Kier molecular flexibility index (Phi) is 5.40. The zero-order chi connectivity index (χ0) is 15.5. The van der Waals surface area contributed by atoms with E-state index >= 15 is 0 Å². The van der Waals surface area contributed by atoms with Crippen LogP contribution in [0.3, 0.4) is 0 Å². The zero-order valence-corrected chi connectivity index (χ0v) is 13.8. The lowest BCUT2D eigenvalue weighted by Crippen LogP contribution is -2.42. The van der Waals surface area contributed by atoms with Gasteiger partial charge in [-0.3, -0.25) is 0 Å². The Hall–Kier alpha value is -0.500. The van der Waals surface area contributed by atoms with Crippen LogP contribution in [-0.4, -0.2) is 32.0 Å². The number of hydrogen-bond acceptors (Lipinski definition) is 6. The van der Waals surface area contributed by atoms with E-state index in [9.17, 15) is 16.8 Å². The van der Waals surface area contributed by atoms with Gasteiger partial charge >= 0.3 is 0 Å². The van der Waals surface area contributed by atoms with Crippen LogP contribution in [0.25, 0.3) is 0 Å². The smallest absolute Gasteiger partial charge is 0.225 e. The standard InChI is InChI=1S/C13H24N2O4S2/c14-15-13(20(16,17)11-7-3-1-4-8-11)21(18,19)12-9-5-2-6-10-12/h11-14H,1-10H2. The first-order chi connectivity index (χ1) is 9.90. The molecule has 0 aromatic heterocycles. The van der Waals surface area contributed by atoms with E-state index in [0.29, 0.717) is 25.7 Å². The summed E-state index contributed by atoms with van der Waals surface area (Å²) in [5.74, 6) is 0. The van der Waals surface area contributed by atoms with Gasteiger partial charge < -0.3 is 0 Å². The van der Waals surface area contributed by atoms with Crippen molar-refractivity contribution in [2.75, 3.05) is 0 Å². The molecule has 21 heavy (non-hydrogen) atoms. The fraction of sp³-hybridized carbons (Fsp3) is 1.00. The molecule has 0 atom stereocenters. The molecule has 2 aliphatic rings. The molecule has 2 fully saturated rings. The highest BCUT2D eigenvalue weighted by Gasteiger charge is 2.46. The quantitative estimate of drug-likeness (QED) is 0.779. The van der Waals surface area contributed by atoms with Crippen molar-refractivity contribution in [3.63, 3.8) is 0 Å². The van der Waals surface area contributed by atoms with E-state index in [-0.39, 0.29) is 0 Å². The van der Waals surface area contributed by atoms with Gasteiger partial charge in [0.05, 0.1) is 10.5 Å². The first-order valence-electron chi connectivity index (χ1n) is 7.72. The van der Waals surface area contributed by atoms with Gasteiger partial charge in [-0.2, -0.15) is 5.11 Å². The summed E-state index contributed by atoms with van der Waals surface area (Å²) < 4.78 is 48.6. The van der Waals surface area contributed by atoms with Gasteiger partial charge in [-0.25, -0.2) is 22.4 Å². The SMILES string of the molecule is N=NC(S(=O)(=O)C1CCCCC1)S(=O)(=O)C1CCCCC1. The molecule has 0 aliphatic heterocycles. The van der Waals surface area contributed by atoms with Crippen LogP contribution in [0.15, 0.2) is 5.11 Å². The van der Waals surface area contributed by atoms with Crippen molar-refractivity contribution >= 4 is 19.7 Å². The van der Waals surface area contributed by atoms with Crippen LogP contribution in [-0.2, 0) is 19.7 Å². The van der Waals surface area contributed by atoms with Crippen molar-refractivity contribution in [3.05, 3.63) is 0 Å². The average molecular weight is 336 g/mol. The maximum Gasteiger partial charge on any atom is 0.271 e. The van der Waals surface area contributed by atoms with Gasteiger partial charge in [0.25, 0.3) is 4.71 Å². The van der Waals surface area contributed by atoms with Crippen LogP contribution < -0.4 is 0 Å². The molecule has 1 N–H and O–H groups in total. The molecule has 2 rings (SSSR count). The van der Waals surface area contributed by atoms with Gasteiger partial charge in [0.1, 0.15) is 0 Å². The van der Waals surface area contributed by atoms with Gasteiger partial charge in [-0.15, -0.1) is 0 Å². The van der Waals surface area contributed by atoms with Gasteiger partial charge in [0.15, 0.2) is 19.7 Å². The van der Waals surface area contributed by atoms with Gasteiger partial charge in [-0.05, 0) is 25.7 Å². The van der Waals surface area contributed by atoms with Crippen molar-refractivity contribution in [2.45, 2.75) is 79.4 Å². The van der Waals surface area contributed by atoms with Crippen molar-refractivity contribution in [1.82, 2.24) is 0 Å². The van der Waals surface area contributed by atoms with E-state index in [2.05, 4.69) is 5.11 Å². The number of rotatable bonds is 5. The fourth-order valence-electron chi connectivity index (χ4n) is 3.45. The van der Waals surface area contributed by atoms with Crippen molar-refractivity contribution in [2.24, 2.45) is 5.11 Å². The van der Waals surface area contributed by atoms with E-state index < -0.39 is 34.9 Å². The number of nitrogens with one attached hydrogen (secondary N) is 1. The van der Waals surface area contributed by atoms with Crippen LogP contribution in [0.1, 0.15) is 64.2 Å². The lowest BCUT2D eigenvalue weighted by Gasteiger charge is -2.28. The molecule has 2 aliphatic carbocycles. The molecule has 0 saturated heterocycles. The van der Waals surface area contributed by atoms with Crippen molar-refractivity contribution in [3.8, 4) is 0 Å². The first kappa shape index (κ1) is 16.9. The average Bonchev–Trinajstić information content (AvgIpc) is 2.49. The van der Waals surface area contributed by atoms with E-state index in [1.54, 1.807) is 0 Å². The molecule has 6 nitrogen and oxygen atoms in total. The topological polar surface area (TPSA) is 104 Å². The summed E-state index contributed by atoms with van der Waals surface area (Å²) in [4.78, 5) is 0. The zero-order valence-electron chi connectivity index (χ0n) is 12.2. The van der Waals surface area contributed by atoms with Crippen LogP contribution >= 0.6 is 0 Å². The molecule has 0 heterocycles. The number of sulfone groups is 2. The molecule has 0 aromatic carbocycles. The van der Waals surface area contributed by atoms with Gasteiger partial charge in [0.2, 0.25) is 0 Å². The molecule has 0 amide bonds. The molecule has 0 bridgehead atoms. The highest BCUT2D eigenvalue weighted by molar-refractivity contribution is 8.09. The second kappa shape index (κ2) is 6.73. The number of nitrogens with zero attached hydrogens (tertiary/aromatic N) is 1. The van der Waals surface area contributed by atoms with Gasteiger partial charge in [-0.1, -0.05) is 38.5 Å². The third-order valence-corrected chi connectivity index (χ3v) is 10.4. The fourth-order valence-corrected chi connectivity index (χ4v) is 8.82. The largest absolute Gasteiger partial charge is 0.271 e. The lowest BCUT2D eigenvalue weighted by atomic mass is 10.0. The van der Waals surface area contributed by atoms with Crippen molar-refractivity contribution in [1.29, 1.82) is 5.53 Å². The van der Waals surface area contributed by atoms with Gasteiger partial charge in [0, 0.05) is 0 Å². The lowest BCUT2D eigenvalue weighted by molar-refractivity contribution is 0.471. The molecule has 0 spiro atoms. The van der Waals surface area contributed by atoms with Crippen LogP contribution in [0.2, 0.25) is 0 Å². The molecule has 2 saturated carbocycles. The Balaban J connectivity index is 2.26. The Morgan fingerprint density at radius 1 is 0.714 bits per heavy atom. The highest BCUT2D eigenvalue weighted by Crippen LogP contribution is 2.33. The molecule has 122 valence electrons. The maximum atomic E-state index is 12.6. The predicted molar refractivity (Wildman–Crippen MR) is 80.5 cm³/mol. The third-order valence-electron chi connectivity index (χ3n) is 4.70. The summed E-state index contributed by atoms with van der Waals surface area (Å²) in [6, 6.07) is 0. The molecule has 0 unspecified atom stereocenters. The maximum absolute atomic E-state index is 12.6. The summed E-state index contributed by atoms with van der Waals surface area (Å²) in [6.07, 6.45) is 7.17. The highest BCUT2D eigenvalue weighted by atomic mass is 32.3. The normalized spacial score (nSPS) is 23.3. The van der Waals surface area contributed by atoms with Crippen molar-refractivity contribution < 1.29 is 16.8 Å². The van der Waals surface area contributed by atoms with E-state index in [4.69, 9.17) is 5.53 Å². The summed E-state index contributed by atoms with van der Waals surface area (Å²) >= 11 is 0. The Morgan fingerprint density at radius 3 is 1.33 bits per heavy atom. The molecule has 0 radical (unpaired) electrons. The van der Waals surface area contributed by atoms with Crippen LogP contribution in [0.4, 0.5) is 0 Å². The second-order valence-electron chi connectivity index (χ2n) is 6.13. The second-order valence-corrected chi connectivity index (χ2v) is 11.0.